The van der Waals surface area contributed by atoms with E-state index in [0.717, 1.165) is 10.9 Å². The van der Waals surface area contributed by atoms with Gasteiger partial charge in [-0.25, -0.2) is 0 Å². The fraction of sp³-hybridized carbons (Fsp3) is 0.667. The molecule has 0 amide bonds. The van der Waals surface area contributed by atoms with E-state index in [2.05, 4.69) is 66.3 Å². The highest BCUT2D eigenvalue weighted by Gasteiger charge is 2.12. The van der Waals surface area contributed by atoms with Crippen molar-refractivity contribution in [1.82, 2.24) is 5.32 Å². The maximum Gasteiger partial charge on any atom is 0.0319 e. The van der Waals surface area contributed by atoms with Gasteiger partial charge in [0.25, 0.3) is 0 Å². The van der Waals surface area contributed by atoms with Gasteiger partial charge in [0, 0.05) is 16.6 Å². The summed E-state index contributed by atoms with van der Waals surface area (Å²) in [6.07, 6.45) is 9.28. The summed E-state index contributed by atoms with van der Waals surface area (Å²) in [4.78, 5) is 0. The highest BCUT2D eigenvalue weighted by molar-refractivity contribution is 9.10. The predicted molar refractivity (Wildman–Crippen MR) is 93.1 cm³/mol. The molecule has 0 heterocycles. The zero-order valence-electron chi connectivity index (χ0n) is 13.3. The molecule has 0 aromatic heterocycles. The minimum Gasteiger partial charge on any atom is -0.307 e. The number of unbranched alkanes of at least 4 members (excludes halogenated alkanes) is 4. The Hall–Kier alpha value is -0.340. The highest BCUT2D eigenvalue weighted by Crippen LogP contribution is 2.20. The van der Waals surface area contributed by atoms with Gasteiger partial charge in [0.05, 0.1) is 0 Å². The first kappa shape index (κ1) is 17.7. The molecule has 20 heavy (non-hydrogen) atoms. The van der Waals surface area contributed by atoms with Gasteiger partial charge in [0.1, 0.15) is 0 Å². The number of rotatable bonds is 10. The standard InChI is InChI=1S/C18H30BrN/c1-4-6-7-8-9-10-15(3)20-18(5-2)16-11-13-17(19)14-12-16/h11-15,18,20H,4-10H2,1-3H3. The molecule has 2 heteroatoms. The van der Waals surface area contributed by atoms with Crippen molar-refractivity contribution in [3.63, 3.8) is 0 Å². The Labute approximate surface area is 133 Å². The third-order valence-electron chi connectivity index (χ3n) is 3.91. The van der Waals surface area contributed by atoms with Gasteiger partial charge in [0.15, 0.2) is 0 Å². The van der Waals surface area contributed by atoms with Crippen molar-refractivity contribution in [2.24, 2.45) is 0 Å². The van der Waals surface area contributed by atoms with Gasteiger partial charge in [-0.3, -0.25) is 0 Å². The van der Waals surface area contributed by atoms with Crippen molar-refractivity contribution in [2.75, 3.05) is 0 Å². The van der Waals surface area contributed by atoms with Crippen LogP contribution in [0.4, 0.5) is 0 Å². The summed E-state index contributed by atoms with van der Waals surface area (Å²) in [5.74, 6) is 0. The van der Waals surface area contributed by atoms with Gasteiger partial charge in [-0.15, -0.1) is 0 Å². The third kappa shape index (κ3) is 6.90. The van der Waals surface area contributed by atoms with Gasteiger partial charge in [-0.2, -0.15) is 0 Å². The van der Waals surface area contributed by atoms with Crippen molar-refractivity contribution in [2.45, 2.75) is 77.8 Å². The van der Waals surface area contributed by atoms with Crippen LogP contribution in [0.25, 0.3) is 0 Å². The van der Waals surface area contributed by atoms with Gasteiger partial charge in [-0.05, 0) is 37.5 Å². The smallest absolute Gasteiger partial charge is 0.0319 e. The van der Waals surface area contributed by atoms with Crippen molar-refractivity contribution < 1.29 is 0 Å². The van der Waals surface area contributed by atoms with Crippen LogP contribution in [-0.4, -0.2) is 6.04 Å². The summed E-state index contributed by atoms with van der Waals surface area (Å²) >= 11 is 3.50. The van der Waals surface area contributed by atoms with E-state index < -0.39 is 0 Å². The van der Waals surface area contributed by atoms with E-state index >= 15 is 0 Å². The van der Waals surface area contributed by atoms with Crippen molar-refractivity contribution >= 4 is 15.9 Å². The molecule has 0 saturated carbocycles. The van der Waals surface area contributed by atoms with Crippen molar-refractivity contribution in [3.05, 3.63) is 34.3 Å². The lowest BCUT2D eigenvalue weighted by atomic mass is 10.0. The molecule has 0 fully saturated rings. The van der Waals surface area contributed by atoms with Crippen LogP contribution in [-0.2, 0) is 0 Å². The van der Waals surface area contributed by atoms with Gasteiger partial charge < -0.3 is 5.32 Å². The van der Waals surface area contributed by atoms with Crippen molar-refractivity contribution in [3.8, 4) is 0 Å². The predicted octanol–water partition coefficient (Wildman–Crippen LogP) is 6.24. The fourth-order valence-corrected chi connectivity index (χ4v) is 2.89. The van der Waals surface area contributed by atoms with E-state index in [1.165, 1.54) is 44.1 Å². The Morgan fingerprint density at radius 3 is 2.25 bits per heavy atom. The molecular weight excluding hydrogens is 310 g/mol. The summed E-state index contributed by atoms with van der Waals surface area (Å²) in [6, 6.07) is 9.79. The minimum absolute atomic E-state index is 0.480. The molecule has 0 aliphatic carbocycles. The summed E-state index contributed by atoms with van der Waals surface area (Å²) in [7, 11) is 0. The molecule has 1 rings (SSSR count). The molecule has 1 aromatic carbocycles. The molecule has 0 spiro atoms. The van der Waals surface area contributed by atoms with Crippen LogP contribution in [0.5, 0.6) is 0 Å². The number of hydrogen-bond acceptors (Lipinski definition) is 1. The topological polar surface area (TPSA) is 12.0 Å². The number of benzene rings is 1. The first-order chi connectivity index (χ1) is 9.67. The second kappa shape index (κ2) is 10.4. The van der Waals surface area contributed by atoms with Crippen LogP contribution in [0, 0.1) is 0 Å². The first-order valence-electron chi connectivity index (χ1n) is 8.18. The summed E-state index contributed by atoms with van der Waals surface area (Å²) in [5, 5.41) is 3.78. The lowest BCUT2D eigenvalue weighted by Gasteiger charge is -2.23. The molecule has 114 valence electrons. The quantitative estimate of drug-likeness (QED) is 0.497. The van der Waals surface area contributed by atoms with Crippen LogP contribution < -0.4 is 5.32 Å². The summed E-state index contributed by atoms with van der Waals surface area (Å²) < 4.78 is 1.15. The molecule has 1 N–H and O–H groups in total. The average Bonchev–Trinajstić information content (AvgIpc) is 2.45. The molecule has 2 atom stereocenters. The van der Waals surface area contributed by atoms with Gasteiger partial charge in [-0.1, -0.05) is 74.0 Å². The number of halogens is 1. The molecule has 1 nitrogen and oxygen atoms in total. The molecule has 0 bridgehead atoms. The normalized spacial score (nSPS) is 14.2. The van der Waals surface area contributed by atoms with Crippen LogP contribution in [0.3, 0.4) is 0 Å². The van der Waals surface area contributed by atoms with E-state index in [4.69, 9.17) is 0 Å². The Balaban J connectivity index is 2.34. The number of nitrogens with one attached hydrogen (secondary N) is 1. The van der Waals surface area contributed by atoms with Crippen molar-refractivity contribution in [1.29, 1.82) is 0 Å². The monoisotopic (exact) mass is 339 g/mol. The van der Waals surface area contributed by atoms with E-state index in [-0.39, 0.29) is 0 Å². The SMILES string of the molecule is CCCCCCCC(C)NC(CC)c1ccc(Br)cc1. The zero-order valence-corrected chi connectivity index (χ0v) is 14.9. The minimum atomic E-state index is 0.480. The maximum absolute atomic E-state index is 3.78. The fourth-order valence-electron chi connectivity index (χ4n) is 2.63. The maximum atomic E-state index is 3.78. The van der Waals surface area contributed by atoms with Crippen LogP contribution in [0.15, 0.2) is 28.7 Å². The summed E-state index contributed by atoms with van der Waals surface area (Å²) in [6.45, 7) is 6.85. The third-order valence-corrected chi connectivity index (χ3v) is 4.44. The lowest BCUT2D eigenvalue weighted by molar-refractivity contribution is 0.413. The Bertz CT molecular complexity index is 347. The van der Waals surface area contributed by atoms with E-state index in [1.807, 2.05) is 0 Å². The molecular formula is C18H30BrN. The van der Waals surface area contributed by atoms with Crippen LogP contribution in [0.1, 0.15) is 77.3 Å². The second-order valence-electron chi connectivity index (χ2n) is 5.78. The Morgan fingerprint density at radius 2 is 1.65 bits per heavy atom. The zero-order chi connectivity index (χ0) is 14.8. The molecule has 0 radical (unpaired) electrons. The van der Waals surface area contributed by atoms with E-state index in [0.29, 0.717) is 12.1 Å². The average molecular weight is 340 g/mol. The van der Waals surface area contributed by atoms with E-state index in [9.17, 15) is 0 Å². The summed E-state index contributed by atoms with van der Waals surface area (Å²) in [5.41, 5.74) is 1.40. The highest BCUT2D eigenvalue weighted by atomic mass is 79.9. The Morgan fingerprint density at radius 1 is 1.00 bits per heavy atom. The van der Waals surface area contributed by atoms with Crippen LogP contribution >= 0.6 is 15.9 Å². The first-order valence-corrected chi connectivity index (χ1v) is 8.98. The van der Waals surface area contributed by atoms with Gasteiger partial charge >= 0.3 is 0 Å². The van der Waals surface area contributed by atoms with Crippen LogP contribution in [0.2, 0.25) is 0 Å². The lowest BCUT2D eigenvalue weighted by Crippen LogP contribution is -2.30. The Kier molecular flexibility index (Phi) is 9.21. The molecule has 0 saturated heterocycles. The molecule has 0 aliphatic rings. The largest absolute Gasteiger partial charge is 0.307 e. The second-order valence-corrected chi connectivity index (χ2v) is 6.70. The molecule has 2 unspecified atom stereocenters. The van der Waals surface area contributed by atoms with Gasteiger partial charge in [0.2, 0.25) is 0 Å². The molecule has 1 aromatic rings. The number of hydrogen-bond donors (Lipinski definition) is 1. The van der Waals surface area contributed by atoms with E-state index in [1.54, 1.807) is 0 Å². The molecule has 0 aliphatic heterocycles.